The first-order valence-corrected chi connectivity index (χ1v) is 5.10. The SMILES string of the molecule is NNC(=O)CCc1ccc2c(c1)C(=O)NC2. The van der Waals surface area contributed by atoms with Crippen LogP contribution in [0.5, 0.6) is 0 Å². The van der Waals surface area contributed by atoms with Gasteiger partial charge >= 0.3 is 0 Å². The molecule has 0 saturated carbocycles. The van der Waals surface area contributed by atoms with Crippen LogP contribution in [0.1, 0.15) is 27.9 Å². The number of hydrazine groups is 1. The molecule has 5 heteroatoms. The maximum absolute atomic E-state index is 11.4. The summed E-state index contributed by atoms with van der Waals surface area (Å²) >= 11 is 0. The second-order valence-electron chi connectivity index (χ2n) is 3.74. The Morgan fingerprint density at radius 1 is 1.50 bits per heavy atom. The average molecular weight is 219 g/mol. The molecule has 0 spiro atoms. The van der Waals surface area contributed by atoms with Crippen molar-refractivity contribution in [1.82, 2.24) is 10.7 Å². The van der Waals surface area contributed by atoms with Gasteiger partial charge in [-0.3, -0.25) is 15.0 Å². The highest BCUT2D eigenvalue weighted by molar-refractivity contribution is 5.98. The fraction of sp³-hybridized carbons (Fsp3) is 0.273. The summed E-state index contributed by atoms with van der Waals surface area (Å²) in [7, 11) is 0. The first-order valence-electron chi connectivity index (χ1n) is 5.10. The minimum Gasteiger partial charge on any atom is -0.348 e. The Balaban J connectivity index is 2.09. The Morgan fingerprint density at radius 3 is 3.06 bits per heavy atom. The lowest BCUT2D eigenvalue weighted by Gasteiger charge is -2.02. The largest absolute Gasteiger partial charge is 0.348 e. The van der Waals surface area contributed by atoms with Gasteiger partial charge in [-0.2, -0.15) is 0 Å². The fourth-order valence-corrected chi connectivity index (χ4v) is 1.75. The van der Waals surface area contributed by atoms with E-state index in [1.54, 1.807) is 0 Å². The second-order valence-corrected chi connectivity index (χ2v) is 3.74. The van der Waals surface area contributed by atoms with Gasteiger partial charge in [-0.05, 0) is 23.6 Å². The highest BCUT2D eigenvalue weighted by atomic mass is 16.2. The van der Waals surface area contributed by atoms with Crippen molar-refractivity contribution in [1.29, 1.82) is 0 Å². The van der Waals surface area contributed by atoms with Crippen LogP contribution < -0.4 is 16.6 Å². The highest BCUT2D eigenvalue weighted by Crippen LogP contribution is 2.17. The molecule has 1 aromatic carbocycles. The Bertz CT molecular complexity index is 443. The number of nitrogens with two attached hydrogens (primary N) is 1. The molecule has 1 aliphatic heterocycles. The lowest BCUT2D eigenvalue weighted by Crippen LogP contribution is -2.30. The quantitative estimate of drug-likeness (QED) is 0.375. The van der Waals surface area contributed by atoms with Crippen molar-refractivity contribution < 1.29 is 9.59 Å². The van der Waals surface area contributed by atoms with Gasteiger partial charge in [0.15, 0.2) is 0 Å². The van der Waals surface area contributed by atoms with Crippen molar-refractivity contribution in [2.24, 2.45) is 5.84 Å². The number of carbonyl (C=O) groups excluding carboxylic acids is 2. The molecule has 2 amide bonds. The van der Waals surface area contributed by atoms with E-state index in [-0.39, 0.29) is 11.8 Å². The van der Waals surface area contributed by atoms with Crippen LogP contribution in [-0.2, 0) is 17.8 Å². The third-order valence-electron chi connectivity index (χ3n) is 2.66. The zero-order valence-corrected chi connectivity index (χ0v) is 8.75. The Labute approximate surface area is 93.0 Å². The second kappa shape index (κ2) is 4.32. The number of nitrogens with one attached hydrogen (secondary N) is 2. The molecule has 0 radical (unpaired) electrons. The zero-order chi connectivity index (χ0) is 11.5. The normalized spacial score (nSPS) is 13.2. The van der Waals surface area contributed by atoms with Crippen LogP contribution in [0, 0.1) is 0 Å². The van der Waals surface area contributed by atoms with Crippen LogP contribution in [0.3, 0.4) is 0 Å². The molecule has 0 saturated heterocycles. The van der Waals surface area contributed by atoms with Crippen molar-refractivity contribution in [2.45, 2.75) is 19.4 Å². The Kier molecular flexibility index (Phi) is 2.87. The lowest BCUT2D eigenvalue weighted by molar-refractivity contribution is -0.121. The number of hydrogen-bond donors (Lipinski definition) is 3. The van der Waals surface area contributed by atoms with Gasteiger partial charge in [-0.15, -0.1) is 0 Å². The van der Waals surface area contributed by atoms with Crippen LogP contribution in [0.4, 0.5) is 0 Å². The summed E-state index contributed by atoms with van der Waals surface area (Å²) in [6.45, 7) is 0.595. The number of aryl methyl sites for hydroxylation is 1. The minimum atomic E-state index is -0.204. The summed E-state index contributed by atoms with van der Waals surface area (Å²) in [5.41, 5.74) is 4.77. The molecule has 0 atom stereocenters. The maximum atomic E-state index is 11.4. The summed E-state index contributed by atoms with van der Waals surface area (Å²) in [6.07, 6.45) is 0.917. The molecule has 1 heterocycles. The minimum absolute atomic E-state index is 0.0415. The van der Waals surface area contributed by atoms with Crippen molar-refractivity contribution in [3.05, 3.63) is 34.9 Å². The molecule has 1 aromatic rings. The third-order valence-corrected chi connectivity index (χ3v) is 2.66. The van der Waals surface area contributed by atoms with Crippen molar-refractivity contribution in [3.63, 3.8) is 0 Å². The smallest absolute Gasteiger partial charge is 0.251 e. The first-order chi connectivity index (χ1) is 7.70. The third kappa shape index (κ3) is 2.04. The first kappa shape index (κ1) is 10.6. The summed E-state index contributed by atoms with van der Waals surface area (Å²) in [5.74, 6) is 4.74. The number of benzene rings is 1. The van der Waals surface area contributed by atoms with Crippen molar-refractivity contribution in [3.8, 4) is 0 Å². The van der Waals surface area contributed by atoms with Gasteiger partial charge in [0, 0.05) is 18.5 Å². The van der Waals surface area contributed by atoms with Crippen LogP contribution >= 0.6 is 0 Å². The van der Waals surface area contributed by atoms with Crippen LogP contribution in [0.25, 0.3) is 0 Å². The summed E-state index contributed by atoms with van der Waals surface area (Å²) < 4.78 is 0. The molecule has 16 heavy (non-hydrogen) atoms. The van der Waals surface area contributed by atoms with E-state index >= 15 is 0 Å². The number of rotatable bonds is 3. The van der Waals surface area contributed by atoms with Crippen molar-refractivity contribution in [2.75, 3.05) is 0 Å². The van der Waals surface area contributed by atoms with Gasteiger partial charge in [0.05, 0.1) is 0 Å². The van der Waals surface area contributed by atoms with E-state index in [1.807, 2.05) is 18.2 Å². The monoisotopic (exact) mass is 219 g/mol. The number of fused-ring (bicyclic) bond motifs is 1. The molecular weight excluding hydrogens is 206 g/mol. The molecule has 5 nitrogen and oxygen atoms in total. The van der Waals surface area contributed by atoms with Crippen LogP contribution in [-0.4, -0.2) is 11.8 Å². The van der Waals surface area contributed by atoms with E-state index in [1.165, 1.54) is 0 Å². The van der Waals surface area contributed by atoms with E-state index in [0.717, 1.165) is 11.1 Å². The Morgan fingerprint density at radius 2 is 2.31 bits per heavy atom. The highest BCUT2D eigenvalue weighted by Gasteiger charge is 2.18. The lowest BCUT2D eigenvalue weighted by atomic mass is 10.0. The van der Waals surface area contributed by atoms with E-state index in [9.17, 15) is 9.59 Å². The predicted octanol–water partition coefficient (Wildman–Crippen LogP) is -0.148. The number of carbonyl (C=O) groups is 2. The topological polar surface area (TPSA) is 84.2 Å². The van der Waals surface area contributed by atoms with Crippen LogP contribution in [0.2, 0.25) is 0 Å². The standard InChI is InChI=1S/C11H13N3O2/c12-14-10(15)4-2-7-1-3-8-6-13-11(16)9(8)5-7/h1,3,5H,2,4,6,12H2,(H,13,16)(H,14,15). The molecular formula is C11H13N3O2. The predicted molar refractivity (Wildman–Crippen MR) is 58.3 cm³/mol. The number of hydrogen-bond acceptors (Lipinski definition) is 3. The molecule has 0 aromatic heterocycles. The van der Waals surface area contributed by atoms with Gasteiger partial charge in [-0.25, -0.2) is 5.84 Å². The van der Waals surface area contributed by atoms with Gasteiger partial charge in [0.2, 0.25) is 5.91 Å². The van der Waals surface area contributed by atoms with Gasteiger partial charge in [-0.1, -0.05) is 12.1 Å². The Hall–Kier alpha value is -1.88. The molecule has 84 valence electrons. The zero-order valence-electron chi connectivity index (χ0n) is 8.75. The van der Waals surface area contributed by atoms with Gasteiger partial charge < -0.3 is 5.32 Å². The number of amides is 2. The van der Waals surface area contributed by atoms with E-state index < -0.39 is 0 Å². The fourth-order valence-electron chi connectivity index (χ4n) is 1.75. The molecule has 0 aliphatic carbocycles. The molecule has 0 fully saturated rings. The van der Waals surface area contributed by atoms with E-state index in [4.69, 9.17) is 5.84 Å². The molecule has 1 aliphatic rings. The van der Waals surface area contributed by atoms with E-state index in [2.05, 4.69) is 10.7 Å². The van der Waals surface area contributed by atoms with Crippen LogP contribution in [0.15, 0.2) is 18.2 Å². The van der Waals surface area contributed by atoms with Gasteiger partial charge in [0.1, 0.15) is 0 Å². The molecule has 0 unspecified atom stereocenters. The molecule has 4 N–H and O–H groups in total. The summed E-state index contributed by atoms with van der Waals surface area (Å²) in [5, 5.41) is 2.75. The maximum Gasteiger partial charge on any atom is 0.251 e. The molecule has 0 bridgehead atoms. The van der Waals surface area contributed by atoms with Crippen molar-refractivity contribution >= 4 is 11.8 Å². The molecule has 2 rings (SSSR count). The summed E-state index contributed by atoms with van der Waals surface area (Å²) in [6, 6.07) is 5.69. The average Bonchev–Trinajstić information content (AvgIpc) is 2.68. The summed E-state index contributed by atoms with van der Waals surface area (Å²) in [4.78, 5) is 22.4. The van der Waals surface area contributed by atoms with Gasteiger partial charge in [0.25, 0.3) is 5.91 Å². The van der Waals surface area contributed by atoms with E-state index in [0.29, 0.717) is 24.9 Å².